The van der Waals surface area contributed by atoms with Gasteiger partial charge in [0.05, 0.1) is 39.0 Å². The molecule has 1 saturated heterocycles. The van der Waals surface area contributed by atoms with Gasteiger partial charge in [-0.2, -0.15) is 0 Å². The Bertz CT molecular complexity index is 3420. The number of aliphatic hydroxyl groups excluding tert-OH is 1. The third-order valence-corrected chi connectivity index (χ3v) is 15.7. The van der Waals surface area contributed by atoms with Gasteiger partial charge in [-0.1, -0.05) is 38.5 Å². The average molecular weight is 1450 g/mol. The van der Waals surface area contributed by atoms with E-state index in [2.05, 4.69) is 58.2 Å². The number of carboxylic acids is 5. The van der Waals surface area contributed by atoms with Crippen LogP contribution in [-0.2, 0) is 102 Å². The molecule has 562 valence electrons. The maximum atomic E-state index is 14.7. The molecule has 13 amide bonds. The van der Waals surface area contributed by atoms with Crippen LogP contribution in [0.25, 0.3) is 10.9 Å². The van der Waals surface area contributed by atoms with Gasteiger partial charge in [-0.3, -0.25) is 86.3 Å². The smallest absolute Gasteiger partial charge is 0.329 e. The lowest BCUT2D eigenvalue weighted by Gasteiger charge is -2.32. The minimum Gasteiger partial charge on any atom is -0.481 e. The number of nitrogens with one attached hydrogen (secondary N) is 13. The topological polar surface area (TPSA) is 644 Å². The number of fused-ring (bicyclic) bond motifs is 1. The Balaban J connectivity index is 2.20. The first kappa shape index (κ1) is 84.8. The number of esters is 1. The van der Waals surface area contributed by atoms with Gasteiger partial charge >= 0.3 is 35.8 Å². The molecule has 1 aliphatic rings. The van der Waals surface area contributed by atoms with Gasteiger partial charge in [-0.05, 0) is 70.0 Å². The lowest BCUT2D eigenvalue weighted by atomic mass is 9.98. The molecule has 0 saturated carbocycles. The van der Waals surface area contributed by atoms with Gasteiger partial charge < -0.3 is 115 Å². The highest BCUT2D eigenvalue weighted by Gasteiger charge is 2.41. The standard InChI is InChI=1S/C61H87N15O26/c1-6-28(2)49-61(101)102-30(4)50(75-58(98)40(22-48(89)90)73-54(94)35(14-16-44(81)82)69-56(96)37(65-27-78)19-31-23-63-33-12-8-7-11-32(31)33)60(100)76(5)25-43(80)66-29(3)51(91)71-39(21-47(87)88)57(97)68-34(13-9-10-18-62)53(93)72-38(20-46(85)86)52(92)64-24-42(79)67-41(26-77)59(99)70-36(55(95)74-49)15-17-45(83)84/h7-8,11-12,23,27-30,34-41,49-50,63,77H,6,9-10,13-22,24-26,62H2,1-5H3,(H,64,92)(H,65,78)(H,66,80)(H,67,79)(H,68,97)(H,69,96)(H,70,99)(H,71,91)(H,72,93)(H,73,94)(H,74,95)(H,75,98)(H,81,82)(H,83,84)(H,85,86)(H,87,88)(H,89,90). The molecule has 13 unspecified atom stereocenters. The van der Waals surface area contributed by atoms with Crippen molar-refractivity contribution in [1.29, 1.82) is 0 Å². The van der Waals surface area contributed by atoms with Crippen molar-refractivity contribution in [3.05, 3.63) is 36.0 Å². The normalized spacial score (nSPS) is 22.5. The fourth-order valence-corrected chi connectivity index (χ4v) is 9.97. The fraction of sp³-hybridized carbons (Fsp3) is 0.557. The number of hydrogen-bond donors (Lipinski definition) is 20. The quantitative estimate of drug-likeness (QED) is 0.0204. The highest BCUT2D eigenvalue weighted by Crippen LogP contribution is 2.20. The van der Waals surface area contributed by atoms with Crippen LogP contribution >= 0.6 is 0 Å². The summed E-state index contributed by atoms with van der Waals surface area (Å²) in [5.41, 5.74) is 6.78. The predicted octanol–water partition coefficient (Wildman–Crippen LogP) is -7.47. The SMILES string of the molecule is CCC(C)C1NC(=O)C(CCC(=O)O)NC(=O)C(CO)NC(=O)CNC(=O)C(CC(=O)O)NC(=O)C(CCCCN)NC(=O)C(CC(=O)O)NC(=O)C(C)NC(=O)CN(C)C(=O)C(NC(=O)C(CC(=O)O)NC(=O)C(CCC(=O)O)NC(=O)C(Cc2c[nH]c3ccccc23)NC=O)C(C)OC1=O. The Labute approximate surface area is 580 Å². The molecule has 102 heavy (non-hydrogen) atoms. The summed E-state index contributed by atoms with van der Waals surface area (Å²) in [6, 6.07) is -14.4. The van der Waals surface area contributed by atoms with Crippen LogP contribution in [0.15, 0.2) is 30.5 Å². The number of aromatic amines is 1. The minimum absolute atomic E-state index is 0.0124. The fourth-order valence-electron chi connectivity index (χ4n) is 9.97. The van der Waals surface area contributed by atoms with Crippen LogP contribution in [0.5, 0.6) is 0 Å². The number of H-pyrrole nitrogens is 1. The molecule has 3 rings (SSSR count). The number of carboxylic acid groups (broad SMARTS) is 5. The van der Waals surface area contributed by atoms with Crippen molar-refractivity contribution in [2.45, 2.75) is 177 Å². The second-order valence-electron chi connectivity index (χ2n) is 23.7. The maximum Gasteiger partial charge on any atom is 0.329 e. The minimum atomic E-state index is -2.28. The number of rotatable bonds is 29. The third kappa shape index (κ3) is 28.1. The number of amides is 13. The van der Waals surface area contributed by atoms with Crippen molar-refractivity contribution in [2.24, 2.45) is 11.7 Å². The number of aliphatic hydroxyl groups is 1. The number of cyclic esters (lactones) is 1. The first-order chi connectivity index (χ1) is 48.0. The largest absolute Gasteiger partial charge is 0.481 e. The molecule has 0 aliphatic carbocycles. The zero-order chi connectivity index (χ0) is 76.7. The molecule has 1 aromatic heterocycles. The molecule has 41 nitrogen and oxygen atoms in total. The average Bonchev–Trinajstić information content (AvgIpc) is 1.42. The number of para-hydroxylation sites is 1. The van der Waals surface area contributed by atoms with Gasteiger partial charge in [-0.25, -0.2) is 4.79 Å². The van der Waals surface area contributed by atoms with Gasteiger partial charge in [-0.15, -0.1) is 0 Å². The van der Waals surface area contributed by atoms with E-state index in [4.69, 9.17) is 10.5 Å². The molecule has 21 N–H and O–H groups in total. The van der Waals surface area contributed by atoms with Crippen molar-refractivity contribution < 1.29 is 126 Å². The molecular weight excluding hydrogens is 1360 g/mol. The summed E-state index contributed by atoms with van der Waals surface area (Å²) in [7, 11) is 0.923. The number of aromatic nitrogens is 1. The summed E-state index contributed by atoms with van der Waals surface area (Å²) < 4.78 is 5.69. The Morgan fingerprint density at radius 3 is 1.79 bits per heavy atom. The van der Waals surface area contributed by atoms with Crippen LogP contribution in [0.4, 0.5) is 0 Å². The van der Waals surface area contributed by atoms with Gasteiger partial charge in [0.25, 0.3) is 0 Å². The summed E-state index contributed by atoms with van der Waals surface area (Å²) >= 11 is 0. The van der Waals surface area contributed by atoms with E-state index in [1.165, 1.54) is 13.8 Å². The molecule has 13 atom stereocenters. The summed E-state index contributed by atoms with van der Waals surface area (Å²) in [6.45, 7) is 1.50. The Kier molecular flexibility index (Phi) is 34.8. The van der Waals surface area contributed by atoms with E-state index in [0.717, 1.165) is 20.9 Å². The molecule has 41 heteroatoms. The van der Waals surface area contributed by atoms with E-state index in [0.29, 0.717) is 21.4 Å². The van der Waals surface area contributed by atoms with Gasteiger partial charge in [0.1, 0.15) is 72.6 Å². The number of carbonyl (C=O) groups excluding carboxylic acids is 14. The zero-order valence-corrected chi connectivity index (χ0v) is 56.2. The van der Waals surface area contributed by atoms with Crippen molar-refractivity contribution >= 4 is 124 Å². The number of likely N-dealkylation sites (N-methyl/N-ethyl adjacent to an activating group) is 1. The third-order valence-electron chi connectivity index (χ3n) is 15.7. The molecular formula is C61H87N15O26. The predicted molar refractivity (Wildman–Crippen MR) is 346 cm³/mol. The zero-order valence-electron chi connectivity index (χ0n) is 56.2. The first-order valence-corrected chi connectivity index (χ1v) is 31.9. The van der Waals surface area contributed by atoms with Crippen molar-refractivity contribution in [2.75, 3.05) is 33.3 Å². The molecule has 1 aliphatic heterocycles. The van der Waals surface area contributed by atoms with Crippen LogP contribution in [0.3, 0.4) is 0 Å². The summed E-state index contributed by atoms with van der Waals surface area (Å²) in [4.78, 5) is 257. The van der Waals surface area contributed by atoms with Crippen LogP contribution in [0.1, 0.15) is 104 Å². The van der Waals surface area contributed by atoms with Crippen molar-refractivity contribution in [1.82, 2.24) is 73.7 Å². The molecule has 1 aromatic carbocycles. The van der Waals surface area contributed by atoms with E-state index in [-0.39, 0.29) is 45.1 Å². The second-order valence-corrected chi connectivity index (χ2v) is 23.7. The summed E-state index contributed by atoms with van der Waals surface area (Å²) in [6.07, 6.45) is -7.33. The molecule has 2 aromatic rings. The number of nitrogens with zero attached hydrogens (tertiary/aromatic N) is 1. The van der Waals surface area contributed by atoms with E-state index < -0.39 is 250 Å². The van der Waals surface area contributed by atoms with Gasteiger partial charge in [0.2, 0.25) is 77.3 Å². The number of unbranched alkanes of at least 4 members (excludes halogenated alkanes) is 1. The second kappa shape index (κ2) is 41.9. The van der Waals surface area contributed by atoms with Crippen LogP contribution in [-0.4, -0.2) is 259 Å². The number of aliphatic carboxylic acids is 5. The molecule has 1 fully saturated rings. The first-order valence-electron chi connectivity index (χ1n) is 31.9. The molecule has 2 heterocycles. The Hall–Kier alpha value is -11.4. The lowest BCUT2D eigenvalue weighted by molar-refractivity contribution is -0.159. The number of nitrogens with two attached hydrogens (primary N) is 1. The monoisotopic (exact) mass is 1450 g/mol. The highest BCUT2D eigenvalue weighted by atomic mass is 16.5. The summed E-state index contributed by atoms with van der Waals surface area (Å²) in [5, 5.41) is 85.7. The van der Waals surface area contributed by atoms with Crippen molar-refractivity contribution in [3.63, 3.8) is 0 Å². The van der Waals surface area contributed by atoms with Gasteiger partial charge in [0.15, 0.2) is 0 Å². The molecule has 0 spiro atoms. The number of benzene rings is 1. The highest BCUT2D eigenvalue weighted by molar-refractivity contribution is 6.01. The van der Waals surface area contributed by atoms with E-state index in [9.17, 15) is 122 Å². The summed E-state index contributed by atoms with van der Waals surface area (Å²) in [5.74, 6) is -26.4. The van der Waals surface area contributed by atoms with Gasteiger partial charge in [0, 0.05) is 43.4 Å². The number of carbonyl (C=O) groups is 19. The van der Waals surface area contributed by atoms with Crippen LogP contribution < -0.4 is 69.5 Å². The van der Waals surface area contributed by atoms with E-state index in [1.807, 2.05) is 10.6 Å². The maximum absolute atomic E-state index is 14.7. The Morgan fingerprint density at radius 1 is 0.647 bits per heavy atom. The lowest BCUT2D eigenvalue weighted by Crippen LogP contribution is -2.61. The Morgan fingerprint density at radius 2 is 1.21 bits per heavy atom. The number of ether oxygens (including phenoxy) is 1. The van der Waals surface area contributed by atoms with E-state index in [1.54, 1.807) is 30.5 Å². The van der Waals surface area contributed by atoms with Crippen LogP contribution in [0, 0.1) is 5.92 Å². The number of hydrogen-bond acceptors (Lipinski definition) is 22. The molecule has 0 radical (unpaired) electrons. The van der Waals surface area contributed by atoms with Crippen molar-refractivity contribution in [3.8, 4) is 0 Å². The molecule has 0 bridgehead atoms. The van der Waals surface area contributed by atoms with E-state index >= 15 is 0 Å². The van der Waals surface area contributed by atoms with Crippen LogP contribution in [0.2, 0.25) is 0 Å².